The molecule has 2 saturated heterocycles. The zero-order valence-corrected chi connectivity index (χ0v) is 11.8. The maximum Gasteiger partial charge on any atom is 0.0271 e. The Labute approximate surface area is 116 Å². The number of nitrogens with zero attached hydrogens (tertiary/aromatic N) is 3. The quantitative estimate of drug-likeness (QED) is 0.831. The Bertz CT molecular complexity index is 373. The molecule has 0 spiro atoms. The van der Waals surface area contributed by atoms with Crippen LogP contribution in [0.4, 0.5) is 0 Å². The van der Waals surface area contributed by atoms with Gasteiger partial charge in [-0.1, -0.05) is 6.42 Å². The molecule has 3 heteroatoms. The van der Waals surface area contributed by atoms with E-state index in [9.17, 15) is 0 Å². The second-order valence-corrected chi connectivity index (χ2v) is 5.98. The first kappa shape index (κ1) is 13.1. The lowest BCUT2D eigenvalue weighted by Gasteiger charge is -2.41. The van der Waals surface area contributed by atoms with Crippen LogP contribution in [-0.2, 0) is 6.54 Å². The number of rotatable bonds is 3. The Hall–Kier alpha value is -0.930. The van der Waals surface area contributed by atoms with Gasteiger partial charge in [-0.25, -0.2) is 0 Å². The summed E-state index contributed by atoms with van der Waals surface area (Å²) < 4.78 is 0. The highest BCUT2D eigenvalue weighted by Crippen LogP contribution is 2.21. The molecule has 3 rings (SSSR count). The van der Waals surface area contributed by atoms with Crippen molar-refractivity contribution in [1.29, 1.82) is 0 Å². The maximum atomic E-state index is 4.10. The van der Waals surface area contributed by atoms with Crippen LogP contribution in [-0.4, -0.2) is 47.0 Å². The minimum absolute atomic E-state index is 0.802. The summed E-state index contributed by atoms with van der Waals surface area (Å²) in [6.45, 7) is 6.25. The van der Waals surface area contributed by atoms with Gasteiger partial charge >= 0.3 is 0 Å². The molecule has 0 radical (unpaired) electrons. The van der Waals surface area contributed by atoms with Crippen LogP contribution in [0.5, 0.6) is 0 Å². The van der Waals surface area contributed by atoms with Crippen LogP contribution < -0.4 is 0 Å². The predicted octanol–water partition coefficient (Wildman–Crippen LogP) is 2.53. The number of piperidine rings is 2. The average Bonchev–Trinajstić information content (AvgIpc) is 2.49. The molecule has 1 aromatic heterocycles. The number of hydrogen-bond donors (Lipinski definition) is 0. The SMILES string of the molecule is c1cc(CN2CCCC(N3CCCCC3)C2)ccn1. The van der Waals surface area contributed by atoms with Gasteiger partial charge in [0, 0.05) is 31.5 Å². The molecule has 2 aliphatic heterocycles. The van der Waals surface area contributed by atoms with Crippen LogP contribution in [0.1, 0.15) is 37.7 Å². The third-order valence-electron chi connectivity index (χ3n) is 4.54. The predicted molar refractivity (Wildman–Crippen MR) is 78.0 cm³/mol. The largest absolute Gasteiger partial charge is 0.299 e. The fraction of sp³-hybridized carbons (Fsp3) is 0.688. The van der Waals surface area contributed by atoms with E-state index in [4.69, 9.17) is 0 Å². The molecule has 0 N–H and O–H groups in total. The van der Waals surface area contributed by atoms with Gasteiger partial charge in [-0.15, -0.1) is 0 Å². The molecule has 0 saturated carbocycles. The topological polar surface area (TPSA) is 19.4 Å². The van der Waals surface area contributed by atoms with E-state index in [-0.39, 0.29) is 0 Å². The van der Waals surface area contributed by atoms with Gasteiger partial charge in [0.1, 0.15) is 0 Å². The second-order valence-electron chi connectivity index (χ2n) is 5.98. The Morgan fingerprint density at radius 2 is 1.79 bits per heavy atom. The van der Waals surface area contributed by atoms with Crippen LogP contribution in [0.2, 0.25) is 0 Å². The molecule has 19 heavy (non-hydrogen) atoms. The van der Waals surface area contributed by atoms with Gasteiger partial charge in [-0.05, 0) is 63.0 Å². The van der Waals surface area contributed by atoms with E-state index >= 15 is 0 Å². The van der Waals surface area contributed by atoms with Crippen LogP contribution in [0.15, 0.2) is 24.5 Å². The van der Waals surface area contributed by atoms with Gasteiger partial charge in [-0.2, -0.15) is 0 Å². The van der Waals surface area contributed by atoms with E-state index in [0.29, 0.717) is 0 Å². The molecule has 2 fully saturated rings. The molecule has 1 unspecified atom stereocenters. The Morgan fingerprint density at radius 3 is 2.58 bits per heavy atom. The lowest BCUT2D eigenvalue weighted by Crippen LogP contribution is -2.49. The van der Waals surface area contributed by atoms with Crippen molar-refractivity contribution in [3.63, 3.8) is 0 Å². The Kier molecular flexibility index (Phi) is 4.46. The summed E-state index contributed by atoms with van der Waals surface area (Å²) in [6, 6.07) is 5.09. The summed E-state index contributed by atoms with van der Waals surface area (Å²) in [5, 5.41) is 0. The molecule has 1 atom stereocenters. The number of hydrogen-bond acceptors (Lipinski definition) is 3. The van der Waals surface area contributed by atoms with Crippen LogP contribution in [0, 0.1) is 0 Å². The van der Waals surface area contributed by atoms with E-state index in [0.717, 1.165) is 12.6 Å². The molecule has 0 bridgehead atoms. The molecule has 3 heterocycles. The smallest absolute Gasteiger partial charge is 0.0271 e. The maximum absolute atomic E-state index is 4.10. The highest BCUT2D eigenvalue weighted by atomic mass is 15.2. The molecule has 2 aliphatic rings. The molecule has 0 amide bonds. The lowest BCUT2D eigenvalue weighted by molar-refractivity contribution is 0.0792. The highest BCUT2D eigenvalue weighted by molar-refractivity contribution is 5.09. The standard InChI is InChI=1S/C16H25N3/c1-2-11-19(12-3-1)16-5-4-10-18(14-16)13-15-6-8-17-9-7-15/h6-9,16H,1-5,10-14H2. The fourth-order valence-corrected chi connectivity index (χ4v) is 3.50. The molecule has 3 nitrogen and oxygen atoms in total. The van der Waals surface area contributed by atoms with Crippen molar-refractivity contribution in [3.8, 4) is 0 Å². The minimum Gasteiger partial charge on any atom is -0.299 e. The summed E-state index contributed by atoms with van der Waals surface area (Å²) >= 11 is 0. The molecular weight excluding hydrogens is 234 g/mol. The minimum atomic E-state index is 0.802. The molecule has 0 aromatic carbocycles. The van der Waals surface area contributed by atoms with Gasteiger partial charge in [0.05, 0.1) is 0 Å². The number of likely N-dealkylation sites (tertiary alicyclic amines) is 2. The van der Waals surface area contributed by atoms with E-state index in [1.54, 1.807) is 0 Å². The van der Waals surface area contributed by atoms with Gasteiger partial charge in [0.15, 0.2) is 0 Å². The molecular formula is C16H25N3. The first-order valence-electron chi connectivity index (χ1n) is 7.77. The second kappa shape index (κ2) is 6.49. The third kappa shape index (κ3) is 3.54. The van der Waals surface area contributed by atoms with Crippen LogP contribution >= 0.6 is 0 Å². The molecule has 0 aliphatic carbocycles. The van der Waals surface area contributed by atoms with Crippen molar-refractivity contribution in [1.82, 2.24) is 14.8 Å². The Balaban J connectivity index is 1.55. The van der Waals surface area contributed by atoms with Crippen molar-refractivity contribution in [2.24, 2.45) is 0 Å². The zero-order chi connectivity index (χ0) is 12.9. The summed E-state index contributed by atoms with van der Waals surface area (Å²) in [7, 11) is 0. The molecule has 1 aromatic rings. The van der Waals surface area contributed by atoms with Crippen molar-refractivity contribution < 1.29 is 0 Å². The average molecular weight is 259 g/mol. The third-order valence-corrected chi connectivity index (χ3v) is 4.54. The van der Waals surface area contributed by atoms with Gasteiger partial charge < -0.3 is 0 Å². The van der Waals surface area contributed by atoms with Gasteiger partial charge in [0.2, 0.25) is 0 Å². The van der Waals surface area contributed by atoms with E-state index in [1.807, 2.05) is 12.4 Å². The summed E-state index contributed by atoms with van der Waals surface area (Å²) in [6.07, 6.45) is 10.8. The summed E-state index contributed by atoms with van der Waals surface area (Å²) in [5.74, 6) is 0. The Morgan fingerprint density at radius 1 is 1.00 bits per heavy atom. The van der Waals surface area contributed by atoms with E-state index in [2.05, 4.69) is 26.9 Å². The monoisotopic (exact) mass is 259 g/mol. The first-order chi connectivity index (χ1) is 9.42. The summed E-state index contributed by atoms with van der Waals surface area (Å²) in [5.41, 5.74) is 1.40. The molecule has 104 valence electrons. The van der Waals surface area contributed by atoms with Crippen molar-refractivity contribution in [3.05, 3.63) is 30.1 Å². The fourth-order valence-electron chi connectivity index (χ4n) is 3.50. The van der Waals surface area contributed by atoms with Gasteiger partial charge in [-0.3, -0.25) is 14.8 Å². The van der Waals surface area contributed by atoms with Crippen LogP contribution in [0.3, 0.4) is 0 Å². The van der Waals surface area contributed by atoms with Crippen molar-refractivity contribution in [2.45, 2.75) is 44.7 Å². The highest BCUT2D eigenvalue weighted by Gasteiger charge is 2.26. The van der Waals surface area contributed by atoms with Crippen molar-refractivity contribution in [2.75, 3.05) is 26.2 Å². The van der Waals surface area contributed by atoms with Gasteiger partial charge in [0.25, 0.3) is 0 Å². The summed E-state index contributed by atoms with van der Waals surface area (Å²) in [4.78, 5) is 9.46. The van der Waals surface area contributed by atoms with Crippen LogP contribution in [0.25, 0.3) is 0 Å². The first-order valence-corrected chi connectivity index (χ1v) is 7.77. The van der Waals surface area contributed by atoms with E-state index in [1.165, 1.54) is 63.8 Å². The normalized spacial score (nSPS) is 26.4. The zero-order valence-electron chi connectivity index (χ0n) is 11.8. The lowest BCUT2D eigenvalue weighted by atomic mass is 10.0. The van der Waals surface area contributed by atoms with Crippen molar-refractivity contribution >= 4 is 0 Å². The number of aromatic nitrogens is 1. The number of pyridine rings is 1. The van der Waals surface area contributed by atoms with E-state index < -0.39 is 0 Å².